The lowest BCUT2D eigenvalue weighted by Gasteiger charge is -2.34. The van der Waals surface area contributed by atoms with E-state index in [1.54, 1.807) is 13.2 Å². The van der Waals surface area contributed by atoms with E-state index >= 15 is 0 Å². The molecule has 0 saturated carbocycles. The van der Waals surface area contributed by atoms with E-state index in [-0.39, 0.29) is 11.9 Å². The molecule has 1 fully saturated rings. The Bertz CT molecular complexity index is 454. The summed E-state index contributed by atoms with van der Waals surface area (Å²) in [6.45, 7) is 1.74. The van der Waals surface area contributed by atoms with Crippen LogP contribution in [0.2, 0.25) is 0 Å². The first-order chi connectivity index (χ1) is 8.19. The van der Waals surface area contributed by atoms with Crippen LogP contribution in [0.15, 0.2) is 16.6 Å². The van der Waals surface area contributed by atoms with Crippen LogP contribution in [0, 0.1) is 5.82 Å². The predicted octanol–water partition coefficient (Wildman–Crippen LogP) is 2.61. The Balaban J connectivity index is 1.98. The number of ether oxygens (including phenoxy) is 1. The number of hydrogen-bond acceptors (Lipinski definition) is 3. The van der Waals surface area contributed by atoms with Gasteiger partial charge in [-0.1, -0.05) is 0 Å². The smallest absolute Gasteiger partial charge is 0.139 e. The zero-order chi connectivity index (χ0) is 12.0. The number of fused-ring (bicyclic) bond motifs is 3. The van der Waals surface area contributed by atoms with E-state index < -0.39 is 0 Å². The van der Waals surface area contributed by atoms with Gasteiger partial charge in [0.25, 0.3) is 0 Å². The number of benzene rings is 1. The van der Waals surface area contributed by atoms with E-state index in [9.17, 15) is 4.39 Å². The third-order valence-electron chi connectivity index (χ3n) is 3.59. The van der Waals surface area contributed by atoms with E-state index in [0.29, 0.717) is 10.5 Å². The molecule has 1 aromatic carbocycles. The monoisotopic (exact) mass is 300 g/mol. The van der Waals surface area contributed by atoms with Crippen LogP contribution in [-0.2, 0) is 4.74 Å². The Morgan fingerprint density at radius 2 is 2.35 bits per heavy atom. The van der Waals surface area contributed by atoms with Crippen LogP contribution in [0.25, 0.3) is 0 Å². The van der Waals surface area contributed by atoms with Gasteiger partial charge in [-0.3, -0.25) is 0 Å². The third-order valence-corrected chi connectivity index (χ3v) is 4.19. The first kappa shape index (κ1) is 11.3. The van der Waals surface area contributed by atoms with Crippen molar-refractivity contribution in [3.8, 4) is 0 Å². The maximum Gasteiger partial charge on any atom is 0.139 e. The molecule has 0 aliphatic carbocycles. The molecule has 0 bridgehead atoms. The summed E-state index contributed by atoms with van der Waals surface area (Å²) in [4.78, 5) is 2.31. The molecule has 0 radical (unpaired) electrons. The molecule has 2 aliphatic heterocycles. The molecular weight excluding hydrogens is 287 g/mol. The van der Waals surface area contributed by atoms with Gasteiger partial charge in [0, 0.05) is 32.3 Å². The lowest BCUT2D eigenvalue weighted by atomic mass is 10.1. The van der Waals surface area contributed by atoms with Crippen molar-refractivity contribution in [2.24, 2.45) is 0 Å². The Morgan fingerprint density at radius 3 is 3.12 bits per heavy atom. The van der Waals surface area contributed by atoms with Gasteiger partial charge in [0.15, 0.2) is 0 Å². The van der Waals surface area contributed by atoms with E-state index in [0.717, 1.165) is 30.9 Å². The van der Waals surface area contributed by atoms with Crippen LogP contribution in [-0.4, -0.2) is 32.3 Å². The van der Waals surface area contributed by atoms with Gasteiger partial charge in [0.1, 0.15) is 5.82 Å². The number of halogens is 2. The van der Waals surface area contributed by atoms with Gasteiger partial charge in [0.2, 0.25) is 0 Å². The van der Waals surface area contributed by atoms with Crippen molar-refractivity contribution >= 4 is 27.3 Å². The van der Waals surface area contributed by atoms with Crippen molar-refractivity contribution in [2.45, 2.75) is 18.6 Å². The summed E-state index contributed by atoms with van der Waals surface area (Å²) in [6.07, 6.45) is 1.30. The molecule has 1 saturated heterocycles. The molecule has 1 N–H and O–H groups in total. The molecule has 2 heterocycles. The Kier molecular flexibility index (Phi) is 2.75. The molecule has 92 valence electrons. The molecule has 0 aromatic heterocycles. The average Bonchev–Trinajstić information content (AvgIpc) is 2.74. The van der Waals surface area contributed by atoms with Crippen LogP contribution >= 0.6 is 15.9 Å². The molecule has 5 heteroatoms. The second kappa shape index (κ2) is 4.14. The summed E-state index contributed by atoms with van der Waals surface area (Å²) in [6, 6.07) is 3.85. The normalized spacial score (nSPS) is 26.4. The molecule has 0 spiro atoms. The number of nitrogens with zero attached hydrogens (tertiary/aromatic N) is 1. The number of anilines is 2. The standard InChI is InChI=1S/C12H14BrFN2O/c1-17-8-2-7-5-15-11-4-10(14)9(13)3-12(11)16(7)6-8/h3-4,7-8,15H,2,5-6H2,1H3/t7-,8+/m0/s1. The molecule has 1 aromatic rings. The summed E-state index contributed by atoms with van der Waals surface area (Å²) in [5.41, 5.74) is 1.94. The predicted molar refractivity (Wildman–Crippen MR) is 69.1 cm³/mol. The zero-order valence-electron chi connectivity index (χ0n) is 9.54. The molecule has 3 rings (SSSR count). The fourth-order valence-electron chi connectivity index (χ4n) is 2.68. The minimum atomic E-state index is -0.225. The highest BCUT2D eigenvalue weighted by Gasteiger charge is 2.36. The third kappa shape index (κ3) is 1.81. The number of nitrogens with one attached hydrogen (secondary N) is 1. The van der Waals surface area contributed by atoms with Gasteiger partial charge in [0.05, 0.1) is 22.0 Å². The first-order valence-corrected chi connectivity index (χ1v) is 6.50. The highest BCUT2D eigenvalue weighted by molar-refractivity contribution is 9.10. The largest absolute Gasteiger partial charge is 0.381 e. The summed E-state index contributed by atoms with van der Waals surface area (Å²) in [7, 11) is 1.75. The molecular formula is C12H14BrFN2O. The summed E-state index contributed by atoms with van der Waals surface area (Å²) in [5, 5.41) is 3.29. The maximum absolute atomic E-state index is 13.5. The first-order valence-electron chi connectivity index (χ1n) is 5.71. The van der Waals surface area contributed by atoms with Gasteiger partial charge in [-0.15, -0.1) is 0 Å². The fraction of sp³-hybridized carbons (Fsp3) is 0.500. The summed E-state index contributed by atoms with van der Waals surface area (Å²) < 4.78 is 19.4. The van der Waals surface area contributed by atoms with E-state index in [4.69, 9.17) is 4.74 Å². The second-order valence-corrected chi connectivity index (χ2v) is 5.42. The number of methoxy groups -OCH3 is 1. The lowest BCUT2D eigenvalue weighted by molar-refractivity contribution is 0.118. The van der Waals surface area contributed by atoms with Crippen molar-refractivity contribution < 1.29 is 9.13 Å². The second-order valence-electron chi connectivity index (χ2n) is 4.56. The SMILES string of the molecule is CO[C@@H]1C[C@H]2CNc3cc(F)c(Br)cc3N2C1. The van der Waals surface area contributed by atoms with Gasteiger partial charge >= 0.3 is 0 Å². The van der Waals surface area contributed by atoms with Crippen LogP contribution in [0.5, 0.6) is 0 Å². The highest BCUT2D eigenvalue weighted by atomic mass is 79.9. The average molecular weight is 301 g/mol. The van der Waals surface area contributed by atoms with Gasteiger partial charge in [-0.05, 0) is 28.4 Å². The number of hydrogen-bond donors (Lipinski definition) is 1. The van der Waals surface area contributed by atoms with Crippen molar-refractivity contribution in [1.82, 2.24) is 0 Å². The van der Waals surface area contributed by atoms with Crippen LogP contribution in [0.4, 0.5) is 15.8 Å². The van der Waals surface area contributed by atoms with Crippen molar-refractivity contribution in [1.29, 1.82) is 0 Å². The molecule has 2 atom stereocenters. The van der Waals surface area contributed by atoms with Crippen molar-refractivity contribution in [3.63, 3.8) is 0 Å². The quantitative estimate of drug-likeness (QED) is 0.863. The molecule has 0 amide bonds. The molecule has 0 unspecified atom stereocenters. The van der Waals surface area contributed by atoms with E-state index in [1.807, 2.05) is 6.07 Å². The molecule has 2 aliphatic rings. The maximum atomic E-state index is 13.5. The van der Waals surface area contributed by atoms with Crippen molar-refractivity contribution in [2.75, 3.05) is 30.4 Å². The highest BCUT2D eigenvalue weighted by Crippen LogP contribution is 2.39. The lowest BCUT2D eigenvalue weighted by Crippen LogP contribution is -2.39. The van der Waals surface area contributed by atoms with Crippen LogP contribution in [0.1, 0.15) is 6.42 Å². The minimum Gasteiger partial charge on any atom is -0.381 e. The summed E-state index contributed by atoms with van der Waals surface area (Å²) in [5.74, 6) is -0.225. The van der Waals surface area contributed by atoms with Gasteiger partial charge < -0.3 is 15.0 Å². The topological polar surface area (TPSA) is 24.5 Å². The zero-order valence-corrected chi connectivity index (χ0v) is 11.1. The minimum absolute atomic E-state index is 0.225. The van der Waals surface area contributed by atoms with Gasteiger partial charge in [-0.25, -0.2) is 4.39 Å². The van der Waals surface area contributed by atoms with Crippen LogP contribution in [0.3, 0.4) is 0 Å². The molecule has 17 heavy (non-hydrogen) atoms. The Labute approximate surface area is 108 Å². The summed E-state index contributed by atoms with van der Waals surface area (Å²) >= 11 is 3.24. The fourth-order valence-corrected chi connectivity index (χ4v) is 3.01. The van der Waals surface area contributed by atoms with Crippen LogP contribution < -0.4 is 10.2 Å². The van der Waals surface area contributed by atoms with Crippen molar-refractivity contribution in [3.05, 3.63) is 22.4 Å². The Hall–Kier alpha value is -0.810. The van der Waals surface area contributed by atoms with Gasteiger partial charge in [-0.2, -0.15) is 0 Å². The molecule has 3 nitrogen and oxygen atoms in total. The number of rotatable bonds is 1. The van der Waals surface area contributed by atoms with E-state index in [2.05, 4.69) is 26.1 Å². The van der Waals surface area contributed by atoms with E-state index in [1.165, 1.54) is 0 Å². The Morgan fingerprint density at radius 1 is 1.53 bits per heavy atom.